The number of nitriles is 1. The number of halogens is 6. The number of oxime groups is 1. The number of amidine groups is 1. The second kappa shape index (κ2) is 8.77. The van der Waals surface area contributed by atoms with Crippen molar-refractivity contribution in [3.63, 3.8) is 0 Å². The van der Waals surface area contributed by atoms with Gasteiger partial charge in [0.25, 0.3) is 11.5 Å². The Morgan fingerprint density at radius 1 is 1.19 bits per heavy atom. The first-order valence-corrected chi connectivity index (χ1v) is 12.2. The van der Waals surface area contributed by atoms with Gasteiger partial charge in [-0.25, -0.2) is 4.39 Å². The number of rotatable bonds is 4. The van der Waals surface area contributed by atoms with E-state index in [1.54, 1.807) is 17.9 Å². The van der Waals surface area contributed by atoms with Crippen molar-refractivity contribution in [2.75, 3.05) is 6.54 Å². The predicted molar refractivity (Wildman–Crippen MR) is 127 cm³/mol. The predicted octanol–water partition coefficient (Wildman–Crippen LogP) is 5.98. The largest absolute Gasteiger partial charge is 0.435 e. The summed E-state index contributed by atoms with van der Waals surface area (Å²) in [6.45, 7) is 2.55. The van der Waals surface area contributed by atoms with Crippen molar-refractivity contribution in [1.82, 2.24) is 10.2 Å². The van der Waals surface area contributed by atoms with E-state index in [2.05, 4.69) is 16.5 Å². The van der Waals surface area contributed by atoms with Crippen molar-refractivity contribution in [2.24, 2.45) is 10.6 Å². The molecule has 12 heteroatoms. The van der Waals surface area contributed by atoms with Crippen LogP contribution in [0, 0.1) is 29.5 Å². The Morgan fingerprint density at radius 3 is 2.38 bits per heavy atom. The molecule has 5 rings (SSSR count). The van der Waals surface area contributed by atoms with Crippen LogP contribution in [0.25, 0.3) is 0 Å². The van der Waals surface area contributed by atoms with Crippen LogP contribution >= 0.6 is 23.2 Å². The van der Waals surface area contributed by atoms with E-state index >= 15 is 0 Å². The van der Waals surface area contributed by atoms with E-state index in [0.29, 0.717) is 11.1 Å². The van der Waals surface area contributed by atoms with Gasteiger partial charge in [0.2, 0.25) is 0 Å². The topological polar surface area (TPSA) is 77.7 Å². The molecule has 37 heavy (non-hydrogen) atoms. The van der Waals surface area contributed by atoms with Gasteiger partial charge in [0.15, 0.2) is 5.82 Å². The molecule has 0 aromatic heterocycles. The first-order valence-electron chi connectivity index (χ1n) is 11.4. The maximum atomic E-state index is 14.3. The van der Waals surface area contributed by atoms with Gasteiger partial charge in [0, 0.05) is 30.8 Å². The minimum atomic E-state index is -4.90. The molecule has 0 saturated heterocycles. The fourth-order valence-corrected chi connectivity index (χ4v) is 5.16. The number of hydrogen-bond donors (Lipinski definition) is 1. The molecule has 6 nitrogen and oxygen atoms in total. The standard InChI is InChI=1S/C25H20Cl2F4N4O2/c1-13-4-14-9-35(10-15(14)5-17(13)22(36)33-12-23(11-32)2-3-23)20-8-24(37-34-20,25(29,30)31)16-6-18(26)21(28)19(27)7-16/h4-7H,2-3,8-10,12H2,1H3,(H,33,36). The van der Waals surface area contributed by atoms with E-state index in [1.807, 2.05) is 6.07 Å². The molecule has 1 unspecified atom stereocenters. The molecule has 0 spiro atoms. The van der Waals surface area contributed by atoms with Gasteiger partial charge >= 0.3 is 6.18 Å². The lowest BCUT2D eigenvalue weighted by Crippen LogP contribution is -2.44. The normalized spacial score (nSPS) is 21.7. The van der Waals surface area contributed by atoms with E-state index in [0.717, 1.165) is 36.1 Å². The summed E-state index contributed by atoms with van der Waals surface area (Å²) >= 11 is 11.5. The van der Waals surface area contributed by atoms with Crippen molar-refractivity contribution in [3.05, 3.63) is 67.9 Å². The lowest BCUT2D eigenvalue weighted by Gasteiger charge is -2.30. The van der Waals surface area contributed by atoms with Crippen molar-refractivity contribution >= 4 is 34.9 Å². The van der Waals surface area contributed by atoms with Gasteiger partial charge in [0.05, 0.1) is 28.0 Å². The summed E-state index contributed by atoms with van der Waals surface area (Å²) < 4.78 is 56.8. The third-order valence-corrected chi connectivity index (χ3v) is 7.73. The number of aryl methyl sites for hydroxylation is 1. The number of carbonyl (C=O) groups excluding carboxylic acids is 1. The highest BCUT2D eigenvalue weighted by molar-refractivity contribution is 6.35. The van der Waals surface area contributed by atoms with E-state index < -0.39 is 45.0 Å². The molecule has 2 aromatic carbocycles. The second-order valence-corrected chi connectivity index (χ2v) is 10.5. The van der Waals surface area contributed by atoms with Crippen LogP contribution in [0.4, 0.5) is 17.6 Å². The highest BCUT2D eigenvalue weighted by atomic mass is 35.5. The number of nitrogens with one attached hydrogen (secondary N) is 1. The van der Waals surface area contributed by atoms with Crippen LogP contribution in [0.15, 0.2) is 29.4 Å². The maximum Gasteiger partial charge on any atom is 0.435 e. The zero-order valence-corrected chi connectivity index (χ0v) is 21.0. The zero-order chi connectivity index (χ0) is 26.8. The molecule has 1 N–H and O–H groups in total. The van der Waals surface area contributed by atoms with Gasteiger partial charge in [-0.05, 0) is 54.7 Å². The molecule has 2 aromatic rings. The van der Waals surface area contributed by atoms with Gasteiger partial charge in [0.1, 0.15) is 5.84 Å². The monoisotopic (exact) mass is 554 g/mol. The Balaban J connectivity index is 1.35. The number of hydrogen-bond acceptors (Lipinski definition) is 5. The van der Waals surface area contributed by atoms with E-state index in [4.69, 9.17) is 28.0 Å². The average molecular weight is 555 g/mol. The number of amides is 1. The van der Waals surface area contributed by atoms with Gasteiger partial charge in [-0.3, -0.25) is 4.79 Å². The smallest absolute Gasteiger partial charge is 0.372 e. The Labute approximate surface area is 219 Å². The van der Waals surface area contributed by atoms with Gasteiger partial charge in [-0.2, -0.15) is 18.4 Å². The lowest BCUT2D eigenvalue weighted by molar-refractivity contribution is -0.275. The van der Waals surface area contributed by atoms with Crippen LogP contribution < -0.4 is 5.32 Å². The van der Waals surface area contributed by atoms with E-state index in [-0.39, 0.29) is 31.4 Å². The number of fused-ring (bicyclic) bond motifs is 1. The maximum absolute atomic E-state index is 14.3. The fourth-order valence-electron chi connectivity index (χ4n) is 4.67. The highest BCUT2D eigenvalue weighted by Crippen LogP contribution is 2.50. The third kappa shape index (κ3) is 4.38. The Hall–Kier alpha value is -3.03. The van der Waals surface area contributed by atoms with Crippen LogP contribution in [0.3, 0.4) is 0 Å². The third-order valence-electron chi connectivity index (χ3n) is 7.18. The van der Waals surface area contributed by atoms with Crippen molar-refractivity contribution < 1.29 is 27.2 Å². The molecule has 2 heterocycles. The summed E-state index contributed by atoms with van der Waals surface area (Å²) in [5.41, 5.74) is -1.03. The Bertz CT molecular complexity index is 1360. The highest BCUT2D eigenvalue weighted by Gasteiger charge is 2.63. The van der Waals surface area contributed by atoms with Crippen LogP contribution in [-0.4, -0.2) is 29.4 Å². The molecule has 0 bridgehead atoms. The molecular formula is C25H20Cl2F4N4O2. The number of alkyl halides is 3. The van der Waals surface area contributed by atoms with Crippen molar-refractivity contribution in [2.45, 2.75) is 51.1 Å². The number of benzene rings is 2. The van der Waals surface area contributed by atoms with Crippen LogP contribution in [0.2, 0.25) is 10.0 Å². The fraction of sp³-hybridized carbons (Fsp3) is 0.400. The summed E-state index contributed by atoms with van der Waals surface area (Å²) in [6, 6.07) is 7.47. The van der Waals surface area contributed by atoms with E-state index in [9.17, 15) is 27.6 Å². The first-order chi connectivity index (χ1) is 17.4. The SMILES string of the molecule is Cc1cc2c(cc1C(=O)NCC1(C#N)CC1)CN(C1=NOC(c3cc(Cl)c(F)c(Cl)c3)(C(F)(F)F)C1)C2. The van der Waals surface area contributed by atoms with Crippen LogP contribution in [0.1, 0.15) is 51.9 Å². The first kappa shape index (κ1) is 25.6. The average Bonchev–Trinajstić information content (AvgIpc) is 3.27. The molecule has 1 fully saturated rings. The summed E-state index contributed by atoms with van der Waals surface area (Å²) in [4.78, 5) is 19.4. The molecule has 1 saturated carbocycles. The number of nitrogens with zero attached hydrogens (tertiary/aromatic N) is 3. The van der Waals surface area contributed by atoms with Crippen LogP contribution in [-0.2, 0) is 23.5 Å². The summed E-state index contributed by atoms with van der Waals surface area (Å²) in [5.74, 6) is -1.27. The van der Waals surface area contributed by atoms with Gasteiger partial charge < -0.3 is 15.1 Å². The van der Waals surface area contributed by atoms with E-state index in [1.165, 1.54) is 0 Å². The summed E-state index contributed by atoms with van der Waals surface area (Å²) in [6.07, 6.45) is -4.06. The summed E-state index contributed by atoms with van der Waals surface area (Å²) in [5, 5.41) is 14.7. The van der Waals surface area contributed by atoms with Gasteiger partial charge in [-0.1, -0.05) is 34.4 Å². The molecule has 0 radical (unpaired) electrons. The zero-order valence-electron chi connectivity index (χ0n) is 19.5. The van der Waals surface area contributed by atoms with Crippen molar-refractivity contribution in [1.29, 1.82) is 5.26 Å². The molecule has 1 atom stereocenters. The molecule has 194 valence electrons. The second-order valence-electron chi connectivity index (χ2n) is 9.72. The molecular weight excluding hydrogens is 535 g/mol. The molecule has 2 aliphatic heterocycles. The Kier molecular flexibility index (Phi) is 6.07. The van der Waals surface area contributed by atoms with Crippen molar-refractivity contribution in [3.8, 4) is 6.07 Å². The molecule has 3 aliphatic rings. The minimum Gasteiger partial charge on any atom is -0.372 e. The van der Waals surface area contributed by atoms with Gasteiger partial charge in [-0.15, -0.1) is 0 Å². The van der Waals surface area contributed by atoms with Crippen LogP contribution in [0.5, 0.6) is 0 Å². The quantitative estimate of drug-likeness (QED) is 0.372. The molecule has 1 aliphatic carbocycles. The lowest BCUT2D eigenvalue weighted by atomic mass is 9.89. The number of carbonyl (C=O) groups is 1. The molecule has 1 amide bonds. The summed E-state index contributed by atoms with van der Waals surface area (Å²) in [7, 11) is 0. The Morgan fingerprint density at radius 2 is 1.81 bits per heavy atom. The minimum absolute atomic E-state index is 0.0541.